The van der Waals surface area contributed by atoms with E-state index in [-0.39, 0.29) is 11.5 Å². The van der Waals surface area contributed by atoms with Crippen molar-refractivity contribution in [2.45, 2.75) is 32.2 Å². The van der Waals surface area contributed by atoms with Gasteiger partial charge in [-0.3, -0.25) is 9.69 Å². The van der Waals surface area contributed by atoms with Crippen LogP contribution in [0.4, 0.5) is 0 Å². The third-order valence-corrected chi connectivity index (χ3v) is 4.70. The maximum atomic E-state index is 11.8. The number of nitrogens with zero attached hydrogens (tertiary/aromatic N) is 1. The number of rotatable bonds is 5. The molecule has 1 heterocycles. The largest absolute Gasteiger partial charge is 0.493 e. The van der Waals surface area contributed by atoms with E-state index in [4.69, 9.17) is 14.2 Å². The molecule has 0 aliphatic carbocycles. The van der Waals surface area contributed by atoms with Crippen LogP contribution in [-0.4, -0.2) is 55.9 Å². The van der Waals surface area contributed by atoms with Gasteiger partial charge in [0, 0.05) is 24.5 Å². The highest BCUT2D eigenvalue weighted by atomic mass is 16.5. The number of methoxy groups -OCH3 is 3. The van der Waals surface area contributed by atoms with Crippen LogP contribution in [0.15, 0.2) is 12.1 Å². The summed E-state index contributed by atoms with van der Waals surface area (Å²) < 4.78 is 16.2. The second-order valence-corrected chi connectivity index (χ2v) is 7.09. The zero-order valence-electron chi connectivity index (χ0n) is 15.3. The van der Waals surface area contributed by atoms with Gasteiger partial charge in [0.15, 0.2) is 11.5 Å². The van der Waals surface area contributed by atoms with Crippen molar-refractivity contribution in [1.29, 1.82) is 0 Å². The quantitative estimate of drug-likeness (QED) is 0.891. The Labute approximate surface area is 143 Å². The maximum Gasteiger partial charge on any atom is 0.308 e. The second kappa shape index (κ2) is 6.89. The fourth-order valence-corrected chi connectivity index (χ4v) is 3.25. The smallest absolute Gasteiger partial charge is 0.308 e. The normalized spacial score (nSPS) is 21.6. The summed E-state index contributed by atoms with van der Waals surface area (Å²) in [4.78, 5) is 14.0. The van der Waals surface area contributed by atoms with E-state index in [1.54, 1.807) is 21.3 Å². The number of carboxylic acids is 1. The van der Waals surface area contributed by atoms with Gasteiger partial charge in [-0.05, 0) is 38.5 Å². The van der Waals surface area contributed by atoms with Crippen LogP contribution < -0.4 is 14.2 Å². The van der Waals surface area contributed by atoms with Crippen molar-refractivity contribution in [3.8, 4) is 17.2 Å². The monoisotopic (exact) mass is 337 g/mol. The van der Waals surface area contributed by atoms with Crippen molar-refractivity contribution < 1.29 is 24.1 Å². The molecule has 0 radical (unpaired) electrons. The van der Waals surface area contributed by atoms with E-state index < -0.39 is 11.9 Å². The van der Waals surface area contributed by atoms with Gasteiger partial charge in [0.2, 0.25) is 5.75 Å². The Morgan fingerprint density at radius 3 is 2.00 bits per heavy atom. The van der Waals surface area contributed by atoms with Gasteiger partial charge in [0.1, 0.15) is 0 Å². The molecule has 0 aromatic heterocycles. The van der Waals surface area contributed by atoms with Gasteiger partial charge in [-0.15, -0.1) is 0 Å². The minimum atomic E-state index is -0.777. The minimum absolute atomic E-state index is 0.0803. The van der Waals surface area contributed by atoms with Crippen molar-refractivity contribution in [2.24, 2.45) is 5.92 Å². The molecule has 24 heavy (non-hydrogen) atoms. The van der Waals surface area contributed by atoms with E-state index in [9.17, 15) is 9.90 Å². The van der Waals surface area contributed by atoms with Gasteiger partial charge >= 0.3 is 5.97 Å². The lowest BCUT2D eigenvalue weighted by molar-refractivity contribution is -0.141. The number of aliphatic carboxylic acids is 1. The number of carboxylic acid groups (broad SMARTS) is 1. The molecule has 0 bridgehead atoms. The summed E-state index contributed by atoms with van der Waals surface area (Å²) in [6.07, 6.45) is 0. The first-order valence-electron chi connectivity index (χ1n) is 8.00. The summed E-state index contributed by atoms with van der Waals surface area (Å²) in [7, 11) is 4.68. The van der Waals surface area contributed by atoms with Crippen molar-refractivity contribution >= 4 is 5.97 Å². The highest BCUT2D eigenvalue weighted by Gasteiger charge is 2.42. The van der Waals surface area contributed by atoms with E-state index in [1.807, 2.05) is 12.1 Å². The molecule has 2 rings (SSSR count). The Balaban J connectivity index is 2.46. The van der Waals surface area contributed by atoms with Crippen molar-refractivity contribution in [2.75, 3.05) is 34.4 Å². The predicted octanol–water partition coefficient (Wildman–Crippen LogP) is 2.61. The zero-order valence-corrected chi connectivity index (χ0v) is 15.3. The van der Waals surface area contributed by atoms with Crippen LogP contribution in [0.3, 0.4) is 0 Å². The molecule has 6 heteroatoms. The van der Waals surface area contributed by atoms with Crippen LogP contribution >= 0.6 is 0 Å². The number of hydrogen-bond acceptors (Lipinski definition) is 5. The minimum Gasteiger partial charge on any atom is -0.493 e. The molecule has 0 spiro atoms. The molecule has 1 aliphatic rings. The summed E-state index contributed by atoms with van der Waals surface area (Å²) >= 11 is 0. The summed E-state index contributed by atoms with van der Waals surface area (Å²) in [6.45, 7) is 7.51. The summed E-state index contributed by atoms with van der Waals surface area (Å²) in [5.41, 5.74) is 0.812. The number of hydrogen-bond donors (Lipinski definition) is 1. The predicted molar refractivity (Wildman–Crippen MR) is 91.3 cm³/mol. The summed E-state index contributed by atoms with van der Waals surface area (Å²) in [5, 5.41) is 9.67. The molecule has 1 aromatic rings. The molecule has 134 valence electrons. The first-order chi connectivity index (χ1) is 11.2. The second-order valence-electron chi connectivity index (χ2n) is 7.09. The van der Waals surface area contributed by atoms with Crippen LogP contribution in [0.25, 0.3) is 0 Å². The Hall–Kier alpha value is -1.95. The molecule has 1 saturated heterocycles. The third-order valence-electron chi connectivity index (χ3n) is 4.70. The molecule has 1 N–H and O–H groups in total. The fourth-order valence-electron chi connectivity index (χ4n) is 3.25. The van der Waals surface area contributed by atoms with Gasteiger partial charge < -0.3 is 19.3 Å². The number of likely N-dealkylation sites (tertiary alicyclic amines) is 1. The van der Waals surface area contributed by atoms with Crippen LogP contribution in [0.2, 0.25) is 0 Å². The summed E-state index contributed by atoms with van der Waals surface area (Å²) in [5.74, 6) is 0.236. The van der Waals surface area contributed by atoms with Gasteiger partial charge in [-0.25, -0.2) is 0 Å². The van der Waals surface area contributed by atoms with Crippen molar-refractivity contribution in [1.82, 2.24) is 4.90 Å². The van der Waals surface area contributed by atoms with Crippen molar-refractivity contribution in [3.05, 3.63) is 17.7 Å². The van der Waals surface area contributed by atoms with Crippen LogP contribution in [-0.2, 0) is 4.79 Å². The van der Waals surface area contributed by atoms with E-state index >= 15 is 0 Å². The SMILES string of the molecule is COc1cc([C@@H]2CN(C(C)(C)C)C[C@H]2C(=O)O)cc(OC)c1OC. The Bertz CT molecular complexity index is 583. The molecule has 0 saturated carbocycles. The molecule has 2 atom stereocenters. The molecular formula is C18H27NO5. The van der Waals surface area contributed by atoms with E-state index in [0.717, 1.165) is 5.56 Å². The van der Waals surface area contributed by atoms with Crippen LogP contribution in [0, 0.1) is 5.92 Å². The lowest BCUT2D eigenvalue weighted by atomic mass is 9.88. The Kier molecular flexibility index (Phi) is 5.28. The highest BCUT2D eigenvalue weighted by Crippen LogP contribution is 2.44. The summed E-state index contributed by atoms with van der Waals surface area (Å²) in [6, 6.07) is 3.71. The number of ether oxygens (including phenoxy) is 3. The molecule has 1 aliphatic heterocycles. The molecule has 1 fully saturated rings. The Morgan fingerprint density at radius 1 is 1.08 bits per heavy atom. The number of carbonyl (C=O) groups is 1. The van der Waals surface area contributed by atoms with Crippen molar-refractivity contribution in [3.63, 3.8) is 0 Å². The molecular weight excluding hydrogens is 310 g/mol. The lowest BCUT2D eigenvalue weighted by Gasteiger charge is -2.31. The molecule has 6 nitrogen and oxygen atoms in total. The fraction of sp³-hybridized carbons (Fsp3) is 0.611. The standard InChI is InChI=1S/C18H27NO5/c1-18(2,3)19-9-12(13(10-19)17(20)21)11-7-14(22-4)16(24-6)15(8-11)23-5/h7-8,12-13H,9-10H2,1-6H3,(H,20,21)/t12-,13+/m0/s1. The first kappa shape index (κ1) is 18.4. The Morgan fingerprint density at radius 2 is 1.62 bits per heavy atom. The number of benzene rings is 1. The van der Waals surface area contributed by atoms with Gasteiger partial charge in [0.25, 0.3) is 0 Å². The maximum absolute atomic E-state index is 11.8. The highest BCUT2D eigenvalue weighted by molar-refractivity contribution is 5.72. The average Bonchev–Trinajstić information content (AvgIpc) is 2.99. The topological polar surface area (TPSA) is 68.2 Å². The third kappa shape index (κ3) is 3.43. The lowest BCUT2D eigenvalue weighted by Crippen LogP contribution is -2.40. The van der Waals surface area contributed by atoms with Crippen LogP contribution in [0.1, 0.15) is 32.3 Å². The van der Waals surface area contributed by atoms with Crippen LogP contribution in [0.5, 0.6) is 17.2 Å². The van der Waals surface area contributed by atoms with E-state index in [2.05, 4.69) is 25.7 Å². The zero-order chi connectivity index (χ0) is 18.1. The van der Waals surface area contributed by atoms with E-state index in [0.29, 0.717) is 30.3 Å². The van der Waals surface area contributed by atoms with Gasteiger partial charge in [0.05, 0.1) is 27.2 Å². The first-order valence-corrected chi connectivity index (χ1v) is 8.00. The van der Waals surface area contributed by atoms with E-state index in [1.165, 1.54) is 0 Å². The molecule has 0 unspecified atom stereocenters. The average molecular weight is 337 g/mol. The molecule has 1 aromatic carbocycles. The van der Waals surface area contributed by atoms with Gasteiger partial charge in [-0.1, -0.05) is 0 Å². The molecule has 0 amide bonds. The van der Waals surface area contributed by atoms with Gasteiger partial charge in [-0.2, -0.15) is 0 Å².